The van der Waals surface area contributed by atoms with Crippen molar-refractivity contribution in [2.75, 3.05) is 26.3 Å². The van der Waals surface area contributed by atoms with Gasteiger partial charge in [0, 0.05) is 31.1 Å². The van der Waals surface area contributed by atoms with Crippen molar-refractivity contribution in [2.24, 2.45) is 0 Å². The van der Waals surface area contributed by atoms with Crippen molar-refractivity contribution in [3.63, 3.8) is 0 Å². The van der Waals surface area contributed by atoms with Crippen LogP contribution in [0.5, 0.6) is 0 Å². The molecular formula is C22H26FNO4. The Labute approximate surface area is 164 Å². The molecule has 150 valence electrons. The number of quaternary nitrogens is 1. The summed E-state index contributed by atoms with van der Waals surface area (Å²) in [5.41, 5.74) is 1.63. The summed E-state index contributed by atoms with van der Waals surface area (Å²) in [6.45, 7) is 1.04. The Balaban J connectivity index is 1.79. The maximum atomic E-state index is 13.1. The van der Waals surface area contributed by atoms with Gasteiger partial charge in [0.2, 0.25) is 0 Å². The van der Waals surface area contributed by atoms with Crippen LogP contribution in [0.3, 0.4) is 0 Å². The predicted molar refractivity (Wildman–Crippen MR) is 106 cm³/mol. The van der Waals surface area contributed by atoms with E-state index in [2.05, 4.69) is 0 Å². The SMILES string of the molecule is O=C(/C=C/c1ccc(F)cc1)OCCC[N@@+]([O-])(CCCO)Cc1ccccc1. The number of carbonyl (C=O) groups excluding carboxylic acids is 1. The van der Waals surface area contributed by atoms with Crippen LogP contribution in [0.25, 0.3) is 6.08 Å². The van der Waals surface area contributed by atoms with Gasteiger partial charge < -0.3 is 19.7 Å². The molecule has 0 radical (unpaired) electrons. The van der Waals surface area contributed by atoms with Gasteiger partial charge in [-0.15, -0.1) is 0 Å². The van der Waals surface area contributed by atoms with Gasteiger partial charge in [0.25, 0.3) is 0 Å². The Morgan fingerprint density at radius 1 is 1.07 bits per heavy atom. The average Bonchev–Trinajstić information content (AvgIpc) is 2.70. The summed E-state index contributed by atoms with van der Waals surface area (Å²) in [5.74, 6) is -0.845. The topological polar surface area (TPSA) is 69.6 Å². The molecule has 0 aliphatic carbocycles. The van der Waals surface area contributed by atoms with Gasteiger partial charge in [-0.2, -0.15) is 0 Å². The molecule has 2 aromatic carbocycles. The van der Waals surface area contributed by atoms with Crippen LogP contribution in [0.15, 0.2) is 60.7 Å². The van der Waals surface area contributed by atoms with E-state index >= 15 is 0 Å². The van der Waals surface area contributed by atoms with Crippen molar-refractivity contribution in [3.05, 3.63) is 82.8 Å². The lowest BCUT2D eigenvalue weighted by molar-refractivity contribution is -0.894. The molecule has 1 atom stereocenters. The largest absolute Gasteiger partial charge is 0.633 e. The molecule has 6 heteroatoms. The molecule has 2 rings (SSSR count). The second-order valence-electron chi connectivity index (χ2n) is 6.63. The minimum absolute atomic E-state index is 0.0276. The summed E-state index contributed by atoms with van der Waals surface area (Å²) in [7, 11) is 0. The number of halogens is 1. The maximum Gasteiger partial charge on any atom is 0.330 e. The Morgan fingerprint density at radius 2 is 1.75 bits per heavy atom. The lowest BCUT2D eigenvalue weighted by atomic mass is 10.2. The van der Waals surface area contributed by atoms with Gasteiger partial charge in [-0.1, -0.05) is 42.5 Å². The highest BCUT2D eigenvalue weighted by Crippen LogP contribution is 2.15. The lowest BCUT2D eigenvalue weighted by Gasteiger charge is -2.43. The Bertz CT molecular complexity index is 749. The molecule has 0 aliphatic heterocycles. The van der Waals surface area contributed by atoms with Crippen LogP contribution in [-0.2, 0) is 16.1 Å². The van der Waals surface area contributed by atoms with Gasteiger partial charge in [0.05, 0.1) is 19.7 Å². The first kappa shape index (κ1) is 21.8. The highest BCUT2D eigenvalue weighted by Gasteiger charge is 2.17. The van der Waals surface area contributed by atoms with E-state index in [0.717, 1.165) is 5.56 Å². The Kier molecular flexibility index (Phi) is 8.81. The van der Waals surface area contributed by atoms with E-state index in [-0.39, 0.29) is 19.0 Å². The van der Waals surface area contributed by atoms with Crippen molar-refractivity contribution < 1.29 is 23.7 Å². The highest BCUT2D eigenvalue weighted by atomic mass is 19.1. The van der Waals surface area contributed by atoms with Gasteiger partial charge in [0.15, 0.2) is 0 Å². The number of carbonyl (C=O) groups is 1. The molecular weight excluding hydrogens is 361 g/mol. The first-order valence-corrected chi connectivity index (χ1v) is 9.33. The molecule has 0 amide bonds. The monoisotopic (exact) mass is 387 g/mol. The zero-order valence-electron chi connectivity index (χ0n) is 15.8. The Hall–Kier alpha value is -2.54. The number of aliphatic hydroxyl groups excluding tert-OH is 1. The van der Waals surface area contributed by atoms with E-state index in [1.54, 1.807) is 18.2 Å². The van der Waals surface area contributed by atoms with Crippen LogP contribution in [0.1, 0.15) is 24.0 Å². The third kappa shape index (κ3) is 8.00. The normalized spacial score (nSPS) is 13.4. The van der Waals surface area contributed by atoms with Crippen LogP contribution < -0.4 is 0 Å². The molecule has 0 unspecified atom stereocenters. The molecule has 0 fully saturated rings. The molecule has 5 nitrogen and oxygen atoms in total. The minimum Gasteiger partial charge on any atom is -0.633 e. The third-order valence-corrected chi connectivity index (χ3v) is 4.27. The van der Waals surface area contributed by atoms with E-state index in [1.165, 1.54) is 18.2 Å². The smallest absolute Gasteiger partial charge is 0.330 e. The van der Waals surface area contributed by atoms with Crippen LogP contribution >= 0.6 is 0 Å². The second-order valence-corrected chi connectivity index (χ2v) is 6.63. The van der Waals surface area contributed by atoms with Gasteiger partial charge >= 0.3 is 5.97 Å². The number of hydroxylamine groups is 3. The van der Waals surface area contributed by atoms with Crippen LogP contribution in [0.2, 0.25) is 0 Å². The van der Waals surface area contributed by atoms with E-state index in [4.69, 9.17) is 9.84 Å². The van der Waals surface area contributed by atoms with Crippen LogP contribution in [0.4, 0.5) is 4.39 Å². The molecule has 0 heterocycles. The molecule has 2 aromatic rings. The van der Waals surface area contributed by atoms with E-state index < -0.39 is 10.6 Å². The van der Waals surface area contributed by atoms with Crippen molar-refractivity contribution in [2.45, 2.75) is 19.4 Å². The quantitative estimate of drug-likeness (QED) is 0.210. The average molecular weight is 387 g/mol. The van der Waals surface area contributed by atoms with Crippen molar-refractivity contribution in [1.29, 1.82) is 0 Å². The highest BCUT2D eigenvalue weighted by molar-refractivity contribution is 5.86. The zero-order valence-corrected chi connectivity index (χ0v) is 15.8. The fraction of sp³-hybridized carbons (Fsp3) is 0.318. The van der Waals surface area contributed by atoms with Crippen LogP contribution in [0, 0.1) is 11.0 Å². The third-order valence-electron chi connectivity index (χ3n) is 4.27. The fourth-order valence-electron chi connectivity index (χ4n) is 2.86. The number of rotatable bonds is 11. The van der Waals surface area contributed by atoms with Crippen LogP contribution in [-0.4, -0.2) is 42.0 Å². The van der Waals surface area contributed by atoms with Gasteiger partial charge in [0.1, 0.15) is 12.4 Å². The summed E-state index contributed by atoms with van der Waals surface area (Å²) in [5, 5.41) is 22.1. The zero-order chi connectivity index (χ0) is 20.2. The lowest BCUT2D eigenvalue weighted by Crippen LogP contribution is -2.43. The minimum atomic E-state index is -0.508. The molecule has 0 aliphatic rings. The number of ether oxygens (including phenoxy) is 1. The Morgan fingerprint density at radius 3 is 2.43 bits per heavy atom. The van der Waals surface area contributed by atoms with E-state index in [1.807, 2.05) is 30.3 Å². The molecule has 0 bridgehead atoms. The first-order chi connectivity index (χ1) is 13.5. The van der Waals surface area contributed by atoms with Crippen molar-refractivity contribution >= 4 is 12.0 Å². The van der Waals surface area contributed by atoms with Crippen molar-refractivity contribution in [3.8, 4) is 0 Å². The summed E-state index contributed by atoms with van der Waals surface area (Å²) in [6, 6.07) is 15.2. The van der Waals surface area contributed by atoms with E-state index in [9.17, 15) is 14.4 Å². The standard InChI is InChI=1S/C22H26FNO4/c23-21-11-8-19(9-12-21)10-13-22(26)28-17-5-15-24(27,14-4-16-25)18-20-6-2-1-3-7-20/h1-3,6-13,25H,4-5,14-18H2/b13-10+/t24-/m0/s1. The van der Waals surface area contributed by atoms with Crippen molar-refractivity contribution in [1.82, 2.24) is 0 Å². The molecule has 0 saturated carbocycles. The molecule has 0 saturated heterocycles. The number of hydrogen-bond donors (Lipinski definition) is 1. The molecule has 1 N–H and O–H groups in total. The summed E-state index contributed by atoms with van der Waals surface area (Å²) < 4.78 is 17.5. The number of hydrogen-bond acceptors (Lipinski definition) is 4. The molecule has 28 heavy (non-hydrogen) atoms. The molecule has 0 aromatic heterocycles. The van der Waals surface area contributed by atoms with Gasteiger partial charge in [-0.05, 0) is 23.8 Å². The maximum absolute atomic E-state index is 13.1. The molecule has 0 spiro atoms. The fourth-order valence-corrected chi connectivity index (χ4v) is 2.86. The summed E-state index contributed by atoms with van der Waals surface area (Å²) in [6.07, 6.45) is 3.68. The number of esters is 1. The number of benzene rings is 2. The first-order valence-electron chi connectivity index (χ1n) is 9.33. The van der Waals surface area contributed by atoms with Gasteiger partial charge in [-0.25, -0.2) is 9.18 Å². The summed E-state index contributed by atoms with van der Waals surface area (Å²) in [4.78, 5) is 11.8. The number of nitrogens with zero attached hydrogens (tertiary/aromatic N) is 1. The van der Waals surface area contributed by atoms with Gasteiger partial charge in [-0.3, -0.25) is 0 Å². The second kappa shape index (κ2) is 11.3. The van der Waals surface area contributed by atoms with E-state index in [0.29, 0.717) is 38.0 Å². The summed E-state index contributed by atoms with van der Waals surface area (Å²) >= 11 is 0. The predicted octanol–water partition coefficient (Wildman–Crippen LogP) is 3.67. The number of aliphatic hydroxyl groups is 1.